The molecule has 0 bridgehead atoms. The molecule has 1 aromatic carbocycles. The van der Waals surface area contributed by atoms with E-state index in [9.17, 15) is 9.18 Å². The molecule has 0 aliphatic heterocycles. The first-order chi connectivity index (χ1) is 6.70. The van der Waals surface area contributed by atoms with Gasteiger partial charge in [0.2, 0.25) is 0 Å². The number of hydrogen-bond acceptors (Lipinski definition) is 1. The highest BCUT2D eigenvalue weighted by Crippen LogP contribution is 2.38. The molecular formula is C11H11FO2. The van der Waals surface area contributed by atoms with Gasteiger partial charge in [-0.2, -0.15) is 0 Å². The van der Waals surface area contributed by atoms with Crippen molar-refractivity contribution >= 4 is 5.97 Å². The van der Waals surface area contributed by atoms with E-state index >= 15 is 0 Å². The maximum absolute atomic E-state index is 13.6. The number of carboxylic acid groups (broad SMARTS) is 1. The summed E-state index contributed by atoms with van der Waals surface area (Å²) in [6.45, 7) is 0. The van der Waals surface area contributed by atoms with E-state index in [4.69, 9.17) is 5.11 Å². The van der Waals surface area contributed by atoms with Gasteiger partial charge in [-0.1, -0.05) is 18.6 Å². The van der Waals surface area contributed by atoms with Crippen LogP contribution in [0.5, 0.6) is 0 Å². The van der Waals surface area contributed by atoms with Gasteiger partial charge in [0.1, 0.15) is 5.82 Å². The summed E-state index contributed by atoms with van der Waals surface area (Å²) in [7, 11) is 0. The first-order valence-corrected chi connectivity index (χ1v) is 4.72. The number of carboxylic acids is 1. The first-order valence-electron chi connectivity index (χ1n) is 4.72. The third-order valence-electron chi connectivity index (χ3n) is 2.80. The lowest BCUT2D eigenvalue weighted by atomic mass is 9.79. The molecule has 74 valence electrons. The predicted molar refractivity (Wildman–Crippen MR) is 50.0 cm³/mol. The van der Waals surface area contributed by atoms with Crippen LogP contribution in [0.15, 0.2) is 18.2 Å². The molecule has 2 rings (SSSR count). The largest absolute Gasteiger partial charge is 0.478 e. The molecule has 1 saturated carbocycles. The quantitative estimate of drug-likeness (QED) is 0.785. The zero-order valence-corrected chi connectivity index (χ0v) is 7.66. The van der Waals surface area contributed by atoms with Crippen molar-refractivity contribution in [2.75, 3.05) is 0 Å². The molecular weight excluding hydrogens is 183 g/mol. The van der Waals surface area contributed by atoms with Gasteiger partial charge in [0.15, 0.2) is 0 Å². The van der Waals surface area contributed by atoms with E-state index in [0.717, 1.165) is 19.3 Å². The molecule has 1 aliphatic rings. The molecule has 0 spiro atoms. The van der Waals surface area contributed by atoms with E-state index in [0.29, 0.717) is 5.56 Å². The molecule has 1 aliphatic carbocycles. The Morgan fingerprint density at radius 3 is 2.64 bits per heavy atom. The molecule has 14 heavy (non-hydrogen) atoms. The van der Waals surface area contributed by atoms with Gasteiger partial charge in [-0.3, -0.25) is 0 Å². The molecule has 0 aromatic heterocycles. The standard InChI is InChI=1S/C11H11FO2/c12-10-8(7-3-1-4-7)5-2-6-9(10)11(13)14/h2,5-7H,1,3-4H2,(H,13,14). The van der Waals surface area contributed by atoms with Crippen LogP contribution in [0.2, 0.25) is 0 Å². The molecule has 0 radical (unpaired) electrons. The molecule has 3 heteroatoms. The number of halogens is 1. The van der Waals surface area contributed by atoms with E-state index in [2.05, 4.69) is 0 Å². The molecule has 1 N–H and O–H groups in total. The minimum Gasteiger partial charge on any atom is -0.478 e. The minimum atomic E-state index is -1.19. The van der Waals surface area contributed by atoms with Crippen molar-refractivity contribution in [3.05, 3.63) is 35.1 Å². The van der Waals surface area contributed by atoms with Crippen molar-refractivity contribution in [2.24, 2.45) is 0 Å². The Labute approximate surface area is 81.4 Å². The fourth-order valence-corrected chi connectivity index (χ4v) is 1.75. The van der Waals surface area contributed by atoms with Gasteiger partial charge in [-0.25, -0.2) is 9.18 Å². The van der Waals surface area contributed by atoms with Crippen LogP contribution < -0.4 is 0 Å². The smallest absolute Gasteiger partial charge is 0.338 e. The molecule has 1 aromatic rings. The van der Waals surface area contributed by atoms with Crippen molar-refractivity contribution in [2.45, 2.75) is 25.2 Å². The van der Waals surface area contributed by atoms with Crippen molar-refractivity contribution in [1.29, 1.82) is 0 Å². The average Bonchev–Trinajstić information content (AvgIpc) is 2.04. The maximum atomic E-state index is 13.6. The number of hydrogen-bond donors (Lipinski definition) is 1. The Morgan fingerprint density at radius 2 is 2.14 bits per heavy atom. The lowest BCUT2D eigenvalue weighted by Crippen LogP contribution is -2.13. The highest BCUT2D eigenvalue weighted by atomic mass is 19.1. The Hall–Kier alpha value is -1.38. The van der Waals surface area contributed by atoms with Gasteiger partial charge in [0, 0.05) is 0 Å². The van der Waals surface area contributed by atoms with Crippen molar-refractivity contribution in [1.82, 2.24) is 0 Å². The molecule has 0 unspecified atom stereocenters. The predicted octanol–water partition coefficient (Wildman–Crippen LogP) is 2.79. The molecule has 0 heterocycles. The van der Waals surface area contributed by atoms with Gasteiger partial charge < -0.3 is 5.11 Å². The number of aromatic carboxylic acids is 1. The molecule has 0 amide bonds. The summed E-state index contributed by atoms with van der Waals surface area (Å²) in [5.41, 5.74) is 0.352. The summed E-state index contributed by atoms with van der Waals surface area (Å²) in [6, 6.07) is 4.60. The van der Waals surface area contributed by atoms with Crippen LogP contribution in [-0.4, -0.2) is 11.1 Å². The number of carbonyl (C=O) groups is 1. The SMILES string of the molecule is O=C(O)c1cccc(C2CCC2)c1F. The van der Waals surface area contributed by atoms with Crippen LogP contribution >= 0.6 is 0 Å². The summed E-state index contributed by atoms with van der Waals surface area (Å²) < 4.78 is 13.6. The van der Waals surface area contributed by atoms with E-state index in [1.807, 2.05) is 0 Å². The fraction of sp³-hybridized carbons (Fsp3) is 0.364. The van der Waals surface area contributed by atoms with Crippen molar-refractivity contribution in [3.63, 3.8) is 0 Å². The van der Waals surface area contributed by atoms with Gasteiger partial charge in [-0.05, 0) is 30.4 Å². The van der Waals surface area contributed by atoms with Crippen LogP contribution in [-0.2, 0) is 0 Å². The summed E-state index contributed by atoms with van der Waals surface area (Å²) in [6.07, 6.45) is 3.06. The third kappa shape index (κ3) is 1.39. The number of benzene rings is 1. The van der Waals surface area contributed by atoms with Gasteiger partial charge >= 0.3 is 5.97 Å². The van der Waals surface area contributed by atoms with Crippen molar-refractivity contribution in [3.8, 4) is 0 Å². The molecule has 2 nitrogen and oxygen atoms in total. The van der Waals surface area contributed by atoms with Crippen LogP contribution in [0.1, 0.15) is 41.1 Å². The maximum Gasteiger partial charge on any atom is 0.338 e. The lowest BCUT2D eigenvalue weighted by molar-refractivity contribution is 0.0691. The normalized spacial score (nSPS) is 16.4. The molecule has 0 atom stereocenters. The van der Waals surface area contributed by atoms with Gasteiger partial charge in [-0.15, -0.1) is 0 Å². The zero-order chi connectivity index (χ0) is 10.1. The first kappa shape index (κ1) is 9.19. The van der Waals surface area contributed by atoms with E-state index in [-0.39, 0.29) is 11.5 Å². The second-order valence-electron chi connectivity index (χ2n) is 3.64. The number of rotatable bonds is 2. The van der Waals surface area contributed by atoms with Gasteiger partial charge in [0.05, 0.1) is 5.56 Å². The Balaban J connectivity index is 2.40. The van der Waals surface area contributed by atoms with E-state index in [1.165, 1.54) is 6.07 Å². The van der Waals surface area contributed by atoms with Crippen molar-refractivity contribution < 1.29 is 14.3 Å². The fourth-order valence-electron chi connectivity index (χ4n) is 1.75. The highest BCUT2D eigenvalue weighted by molar-refractivity contribution is 5.88. The monoisotopic (exact) mass is 194 g/mol. The Bertz CT molecular complexity index is 370. The second kappa shape index (κ2) is 3.40. The van der Waals surface area contributed by atoms with Crippen LogP contribution in [0.25, 0.3) is 0 Å². The zero-order valence-electron chi connectivity index (χ0n) is 7.66. The van der Waals surface area contributed by atoms with Crippen LogP contribution in [0, 0.1) is 5.82 Å². The van der Waals surface area contributed by atoms with Crippen LogP contribution in [0.4, 0.5) is 4.39 Å². The minimum absolute atomic E-state index is 0.214. The van der Waals surface area contributed by atoms with Crippen LogP contribution in [0.3, 0.4) is 0 Å². The Kier molecular flexibility index (Phi) is 2.23. The highest BCUT2D eigenvalue weighted by Gasteiger charge is 2.24. The second-order valence-corrected chi connectivity index (χ2v) is 3.64. The van der Waals surface area contributed by atoms with E-state index in [1.54, 1.807) is 12.1 Å². The topological polar surface area (TPSA) is 37.3 Å². The summed E-state index contributed by atoms with van der Waals surface area (Å²) in [5, 5.41) is 8.72. The lowest BCUT2D eigenvalue weighted by Gasteiger charge is -2.26. The summed E-state index contributed by atoms with van der Waals surface area (Å²) in [4.78, 5) is 10.7. The third-order valence-corrected chi connectivity index (χ3v) is 2.80. The van der Waals surface area contributed by atoms with E-state index < -0.39 is 11.8 Å². The summed E-state index contributed by atoms with van der Waals surface area (Å²) in [5.74, 6) is -1.51. The Morgan fingerprint density at radius 1 is 1.43 bits per heavy atom. The molecule has 0 saturated heterocycles. The van der Waals surface area contributed by atoms with Gasteiger partial charge in [0.25, 0.3) is 0 Å². The average molecular weight is 194 g/mol. The summed E-state index contributed by atoms with van der Waals surface area (Å²) >= 11 is 0. The molecule has 1 fully saturated rings.